The molecule has 0 saturated heterocycles. The molecule has 0 aliphatic rings. The number of fused-ring (bicyclic) bond motifs is 1. The molecule has 13 nitrogen and oxygen atoms in total. The summed E-state index contributed by atoms with van der Waals surface area (Å²) in [5.41, 5.74) is 11.7. The number of methoxy groups -OCH3 is 4. The van der Waals surface area contributed by atoms with Gasteiger partial charge in [-0.2, -0.15) is 0 Å². The molecule has 2 aromatic heterocycles. The Labute approximate surface area is 318 Å². The number of aryl methyl sites for hydroxylation is 1. The predicted molar refractivity (Wildman–Crippen MR) is 208 cm³/mol. The van der Waals surface area contributed by atoms with Crippen LogP contribution in [0.3, 0.4) is 0 Å². The minimum atomic E-state index is -0.789. The molecular weight excluding hydrogens is 702 g/mol. The molecule has 6 rings (SSSR count). The largest absolute Gasteiger partial charge is 0.493 e. The second kappa shape index (κ2) is 17.5. The number of nitrogens with two attached hydrogens (primary N) is 1. The van der Waals surface area contributed by atoms with Crippen LogP contribution in [0.5, 0.6) is 28.7 Å². The van der Waals surface area contributed by atoms with Crippen LogP contribution in [0.15, 0.2) is 91.3 Å². The third kappa shape index (κ3) is 9.14. The Morgan fingerprint density at radius 3 is 2.27 bits per heavy atom. The van der Waals surface area contributed by atoms with Gasteiger partial charge in [0.05, 0.1) is 52.8 Å². The fourth-order valence-corrected chi connectivity index (χ4v) is 6.21. The molecule has 13 heteroatoms. The number of aromatic nitrogens is 4. The highest BCUT2D eigenvalue weighted by atomic mass is 16.6. The van der Waals surface area contributed by atoms with Crippen molar-refractivity contribution in [3.8, 4) is 28.7 Å². The van der Waals surface area contributed by atoms with Gasteiger partial charge in [0.15, 0.2) is 23.0 Å². The summed E-state index contributed by atoms with van der Waals surface area (Å²) >= 11 is 0. The zero-order valence-electron chi connectivity index (χ0n) is 31.4. The number of hydrogen-bond donors (Lipinski definition) is 1. The third-order valence-corrected chi connectivity index (χ3v) is 8.96. The van der Waals surface area contributed by atoms with E-state index in [1.165, 1.54) is 7.11 Å². The van der Waals surface area contributed by atoms with E-state index < -0.39 is 18.0 Å². The Hall–Kier alpha value is -6.60. The standard InChI is InChI=1S/C42H43N5O8/c1-46-25-31(33-11-6-7-12-35(33)46)23-34(43)42(49)54-18-17-32-26-47(45-44-32)24-29-9-8-10-30(19-29)41(48)55-37-20-27(15-16-36(37)50-2)13-14-28-21-38(51-3)40(53-5)39(22-28)52-4/h6-16,19-22,25-26,34H,17-18,23-24,43H2,1-5H3/b14-13-. The van der Waals surface area contributed by atoms with E-state index in [0.717, 1.165) is 33.2 Å². The monoisotopic (exact) mass is 745 g/mol. The van der Waals surface area contributed by atoms with Gasteiger partial charge in [-0.05, 0) is 64.7 Å². The van der Waals surface area contributed by atoms with Gasteiger partial charge < -0.3 is 38.7 Å². The van der Waals surface area contributed by atoms with Crippen molar-refractivity contribution in [1.82, 2.24) is 19.6 Å². The Balaban J connectivity index is 1.04. The van der Waals surface area contributed by atoms with Crippen molar-refractivity contribution < 1.29 is 38.0 Å². The molecule has 55 heavy (non-hydrogen) atoms. The van der Waals surface area contributed by atoms with Gasteiger partial charge in [-0.3, -0.25) is 4.79 Å². The fraction of sp³-hybridized carbons (Fsp3) is 0.238. The van der Waals surface area contributed by atoms with Gasteiger partial charge in [0, 0.05) is 43.2 Å². The lowest BCUT2D eigenvalue weighted by Crippen LogP contribution is -2.34. The number of carbonyl (C=O) groups excluding carboxylic acids is 2. The van der Waals surface area contributed by atoms with Crippen molar-refractivity contribution in [3.63, 3.8) is 0 Å². The summed E-state index contributed by atoms with van der Waals surface area (Å²) in [6.45, 7) is 0.474. The van der Waals surface area contributed by atoms with Crippen LogP contribution in [-0.2, 0) is 36.0 Å². The Kier molecular flexibility index (Phi) is 12.1. The van der Waals surface area contributed by atoms with Gasteiger partial charge in [-0.25, -0.2) is 9.48 Å². The number of nitrogens with zero attached hydrogens (tertiary/aromatic N) is 4. The smallest absolute Gasteiger partial charge is 0.343 e. The molecule has 0 spiro atoms. The maximum Gasteiger partial charge on any atom is 0.343 e. The molecule has 2 N–H and O–H groups in total. The maximum absolute atomic E-state index is 13.3. The van der Waals surface area contributed by atoms with Crippen molar-refractivity contribution >= 4 is 35.0 Å². The third-order valence-electron chi connectivity index (χ3n) is 8.96. The number of ether oxygens (including phenoxy) is 6. The molecule has 0 bridgehead atoms. The van der Waals surface area contributed by atoms with Gasteiger partial charge in [-0.1, -0.05) is 53.8 Å². The first-order valence-electron chi connectivity index (χ1n) is 17.5. The fourth-order valence-electron chi connectivity index (χ4n) is 6.21. The predicted octanol–water partition coefficient (Wildman–Crippen LogP) is 5.90. The van der Waals surface area contributed by atoms with E-state index in [1.807, 2.05) is 78.5 Å². The molecule has 2 heterocycles. The van der Waals surface area contributed by atoms with Gasteiger partial charge in [0.2, 0.25) is 5.75 Å². The van der Waals surface area contributed by atoms with Crippen molar-refractivity contribution in [2.75, 3.05) is 35.0 Å². The Morgan fingerprint density at radius 2 is 1.53 bits per heavy atom. The highest BCUT2D eigenvalue weighted by Gasteiger charge is 2.19. The second-order valence-electron chi connectivity index (χ2n) is 12.7. The summed E-state index contributed by atoms with van der Waals surface area (Å²) in [5, 5.41) is 9.50. The van der Waals surface area contributed by atoms with Crippen LogP contribution >= 0.6 is 0 Å². The first-order valence-corrected chi connectivity index (χ1v) is 17.5. The first kappa shape index (κ1) is 38.1. The van der Waals surface area contributed by atoms with Crippen molar-refractivity contribution in [3.05, 3.63) is 125 Å². The molecular formula is C42H43N5O8. The molecule has 0 aliphatic heterocycles. The van der Waals surface area contributed by atoms with E-state index in [9.17, 15) is 9.59 Å². The highest BCUT2D eigenvalue weighted by Crippen LogP contribution is 2.39. The summed E-state index contributed by atoms with van der Waals surface area (Å²) < 4.78 is 36.8. The molecule has 0 amide bonds. The number of hydrogen-bond acceptors (Lipinski definition) is 11. The SMILES string of the molecule is COc1ccc(/C=C\c2cc(OC)c(OC)c(OC)c2)cc1OC(=O)c1cccc(Cn2cc(CCOC(=O)C(N)Cc3cn(C)c4ccccc34)nn2)c1. The minimum Gasteiger partial charge on any atom is -0.493 e. The Bertz CT molecular complexity index is 2300. The van der Waals surface area contributed by atoms with Crippen LogP contribution < -0.4 is 29.4 Å². The minimum absolute atomic E-state index is 0.119. The van der Waals surface area contributed by atoms with Crippen molar-refractivity contribution in [1.29, 1.82) is 0 Å². The molecule has 6 aromatic rings. The molecule has 0 radical (unpaired) electrons. The van der Waals surface area contributed by atoms with E-state index in [2.05, 4.69) is 10.3 Å². The second-order valence-corrected chi connectivity index (χ2v) is 12.7. The van der Waals surface area contributed by atoms with Crippen LogP contribution in [0.4, 0.5) is 0 Å². The number of rotatable bonds is 16. The summed E-state index contributed by atoms with van der Waals surface area (Å²) in [5.74, 6) is 1.21. The summed E-state index contributed by atoms with van der Waals surface area (Å²) in [7, 11) is 8.15. The van der Waals surface area contributed by atoms with E-state index in [1.54, 1.807) is 62.5 Å². The molecule has 0 aliphatic carbocycles. The van der Waals surface area contributed by atoms with Crippen LogP contribution in [0.1, 0.15) is 38.3 Å². The lowest BCUT2D eigenvalue weighted by molar-refractivity contribution is -0.145. The average molecular weight is 746 g/mol. The van der Waals surface area contributed by atoms with Crippen LogP contribution in [0, 0.1) is 0 Å². The highest BCUT2D eigenvalue weighted by molar-refractivity contribution is 5.92. The molecule has 1 atom stereocenters. The van der Waals surface area contributed by atoms with E-state index in [0.29, 0.717) is 53.6 Å². The Morgan fingerprint density at radius 1 is 0.800 bits per heavy atom. The normalized spacial score (nSPS) is 11.7. The zero-order valence-corrected chi connectivity index (χ0v) is 31.4. The number of carbonyl (C=O) groups is 2. The topological polar surface area (TPSA) is 151 Å². The molecule has 1 unspecified atom stereocenters. The molecule has 284 valence electrons. The molecule has 4 aromatic carbocycles. The van der Waals surface area contributed by atoms with Crippen LogP contribution in [0.25, 0.3) is 23.1 Å². The van der Waals surface area contributed by atoms with Gasteiger partial charge in [0.1, 0.15) is 6.04 Å². The van der Waals surface area contributed by atoms with Crippen LogP contribution in [-0.4, -0.2) is 72.6 Å². The maximum atomic E-state index is 13.3. The van der Waals surface area contributed by atoms with Crippen molar-refractivity contribution in [2.45, 2.75) is 25.4 Å². The summed E-state index contributed by atoms with van der Waals surface area (Å²) in [4.78, 5) is 26.0. The first-order chi connectivity index (χ1) is 26.7. The van der Waals surface area contributed by atoms with Crippen molar-refractivity contribution in [2.24, 2.45) is 12.8 Å². The average Bonchev–Trinajstić information content (AvgIpc) is 3.79. The quantitative estimate of drug-likeness (QED) is 0.0717. The lowest BCUT2D eigenvalue weighted by Gasteiger charge is -2.13. The van der Waals surface area contributed by atoms with E-state index >= 15 is 0 Å². The molecule has 0 saturated carbocycles. The summed E-state index contributed by atoms with van der Waals surface area (Å²) in [6.07, 6.45) is 8.27. The van der Waals surface area contributed by atoms with Gasteiger partial charge >= 0.3 is 11.9 Å². The van der Waals surface area contributed by atoms with E-state index in [-0.39, 0.29) is 12.4 Å². The number of para-hydroxylation sites is 1. The van der Waals surface area contributed by atoms with E-state index in [4.69, 9.17) is 34.2 Å². The molecule has 0 fully saturated rings. The van der Waals surface area contributed by atoms with Gasteiger partial charge in [-0.15, -0.1) is 5.10 Å². The number of esters is 2. The lowest BCUT2D eigenvalue weighted by atomic mass is 10.1. The number of benzene rings is 4. The zero-order chi connectivity index (χ0) is 38.9. The van der Waals surface area contributed by atoms with Crippen LogP contribution in [0.2, 0.25) is 0 Å². The summed E-state index contributed by atoms with van der Waals surface area (Å²) in [6, 6.07) is 23.3. The van der Waals surface area contributed by atoms with Gasteiger partial charge in [0.25, 0.3) is 0 Å².